The van der Waals surface area contributed by atoms with Crippen LogP contribution in [0.5, 0.6) is 0 Å². The Bertz CT molecular complexity index is 1240. The molecule has 1 heterocycles. The largest absolute Gasteiger partial charge is 0.359 e. The van der Waals surface area contributed by atoms with Crippen LogP contribution in [-0.4, -0.2) is 26.7 Å². The predicted octanol–water partition coefficient (Wildman–Crippen LogP) is 3.41. The van der Waals surface area contributed by atoms with Crippen molar-refractivity contribution in [2.75, 3.05) is 5.32 Å². The molecule has 0 aliphatic carbocycles. The van der Waals surface area contributed by atoms with E-state index in [0.29, 0.717) is 16.8 Å². The van der Waals surface area contributed by atoms with E-state index in [1.807, 2.05) is 0 Å². The molecule has 1 aliphatic rings. The van der Waals surface area contributed by atoms with E-state index < -0.39 is 27.8 Å². The van der Waals surface area contributed by atoms with Crippen LogP contribution in [0.1, 0.15) is 32.4 Å². The van der Waals surface area contributed by atoms with E-state index in [2.05, 4.69) is 10.7 Å². The van der Waals surface area contributed by atoms with Crippen LogP contribution in [-0.2, 0) is 0 Å². The van der Waals surface area contributed by atoms with Gasteiger partial charge in [0.2, 0.25) is 0 Å². The summed E-state index contributed by atoms with van der Waals surface area (Å²) < 4.78 is 0. The summed E-state index contributed by atoms with van der Waals surface area (Å²) in [4.78, 5) is 46.9. The second kappa shape index (κ2) is 8.14. The van der Waals surface area contributed by atoms with Gasteiger partial charge in [-0.15, -0.1) is 0 Å². The lowest BCUT2D eigenvalue weighted by atomic mass is 10.0. The van der Waals surface area contributed by atoms with Gasteiger partial charge in [-0.3, -0.25) is 35.2 Å². The Kier molecular flexibility index (Phi) is 5.21. The summed E-state index contributed by atoms with van der Waals surface area (Å²) in [7, 11) is 0. The minimum Gasteiger partial charge on any atom is -0.359 e. The number of amides is 2. The van der Waals surface area contributed by atoms with Gasteiger partial charge in [0.05, 0.1) is 15.4 Å². The third kappa shape index (κ3) is 3.81. The number of benzene rings is 3. The molecule has 1 atom stereocenters. The number of nitrogens with zero attached hydrogens (tertiary/aromatic N) is 3. The lowest BCUT2D eigenvalue weighted by molar-refractivity contribution is -0.385. The zero-order valence-electron chi connectivity index (χ0n) is 16.3. The molecule has 0 fully saturated rings. The Hall–Kier alpha value is -4.80. The van der Waals surface area contributed by atoms with E-state index >= 15 is 0 Å². The second-order valence-electron chi connectivity index (χ2n) is 6.86. The first-order valence-corrected chi connectivity index (χ1v) is 9.34. The zero-order chi connectivity index (χ0) is 22.8. The minimum absolute atomic E-state index is 0.0973. The number of carbonyl (C=O) groups is 2. The molecule has 1 unspecified atom stereocenters. The summed E-state index contributed by atoms with van der Waals surface area (Å²) in [5, 5.41) is 26.2. The van der Waals surface area contributed by atoms with E-state index in [1.165, 1.54) is 42.5 Å². The molecule has 11 heteroatoms. The maximum Gasteiger partial charge on any atom is 0.276 e. The third-order valence-corrected chi connectivity index (χ3v) is 4.89. The summed E-state index contributed by atoms with van der Waals surface area (Å²) in [6, 6.07) is 17.3. The Morgan fingerprint density at radius 3 is 2.28 bits per heavy atom. The van der Waals surface area contributed by atoms with Crippen LogP contribution >= 0.6 is 0 Å². The predicted molar refractivity (Wildman–Crippen MR) is 113 cm³/mol. The van der Waals surface area contributed by atoms with Gasteiger partial charge in [-0.05, 0) is 24.3 Å². The quantitative estimate of drug-likeness (QED) is 0.463. The van der Waals surface area contributed by atoms with Crippen LogP contribution in [0.3, 0.4) is 0 Å². The second-order valence-corrected chi connectivity index (χ2v) is 6.86. The lowest BCUT2D eigenvalue weighted by Gasteiger charge is -2.37. The van der Waals surface area contributed by atoms with E-state index in [9.17, 15) is 29.8 Å². The topological polar surface area (TPSA) is 148 Å². The van der Waals surface area contributed by atoms with Gasteiger partial charge in [-0.1, -0.05) is 24.3 Å². The van der Waals surface area contributed by atoms with Crippen LogP contribution in [0.2, 0.25) is 0 Å². The van der Waals surface area contributed by atoms with Crippen LogP contribution in [0.4, 0.5) is 17.1 Å². The number of rotatable bonds is 5. The third-order valence-electron chi connectivity index (χ3n) is 4.89. The van der Waals surface area contributed by atoms with E-state index in [0.717, 1.165) is 5.01 Å². The number of nitro groups is 2. The van der Waals surface area contributed by atoms with Gasteiger partial charge in [0, 0.05) is 41.1 Å². The number of hydrogen-bond donors (Lipinski definition) is 2. The Labute approximate surface area is 180 Å². The molecule has 0 bridgehead atoms. The molecule has 0 radical (unpaired) electrons. The molecule has 2 amide bonds. The smallest absolute Gasteiger partial charge is 0.276 e. The van der Waals surface area contributed by atoms with Crippen molar-refractivity contribution in [1.82, 2.24) is 10.4 Å². The van der Waals surface area contributed by atoms with Crippen molar-refractivity contribution in [3.05, 3.63) is 110 Å². The van der Waals surface area contributed by atoms with Crippen LogP contribution in [0, 0.1) is 20.2 Å². The van der Waals surface area contributed by atoms with Crippen molar-refractivity contribution in [3.63, 3.8) is 0 Å². The van der Waals surface area contributed by atoms with Crippen molar-refractivity contribution in [2.24, 2.45) is 0 Å². The Balaban J connectivity index is 1.70. The molecule has 2 N–H and O–H groups in total. The number of nitro benzene ring substituents is 2. The fourth-order valence-electron chi connectivity index (χ4n) is 3.32. The highest BCUT2D eigenvalue weighted by Gasteiger charge is 2.35. The molecule has 0 spiro atoms. The van der Waals surface area contributed by atoms with E-state index in [1.54, 1.807) is 30.3 Å². The van der Waals surface area contributed by atoms with Gasteiger partial charge >= 0.3 is 0 Å². The number of hydrogen-bond acceptors (Lipinski definition) is 7. The van der Waals surface area contributed by atoms with Gasteiger partial charge in [-0.2, -0.15) is 0 Å². The highest BCUT2D eigenvalue weighted by Crippen LogP contribution is 2.33. The highest BCUT2D eigenvalue weighted by molar-refractivity contribution is 6.04. The van der Waals surface area contributed by atoms with Crippen LogP contribution < -0.4 is 10.7 Å². The molecule has 11 nitrogen and oxygen atoms in total. The Morgan fingerprint density at radius 2 is 1.59 bits per heavy atom. The lowest BCUT2D eigenvalue weighted by Crippen LogP contribution is -2.52. The fourth-order valence-corrected chi connectivity index (χ4v) is 3.32. The maximum atomic E-state index is 13.2. The average Bonchev–Trinajstić information content (AvgIpc) is 2.80. The fraction of sp³-hybridized carbons (Fsp3) is 0.0476. The summed E-state index contributed by atoms with van der Waals surface area (Å²) >= 11 is 0. The average molecular weight is 433 g/mol. The standard InChI is InChI=1S/C21H15N5O6/c27-20(13-8-10-15(11-9-13)25(29)30)23-24-19(14-4-3-5-16(12-14)26(31)32)22-18-7-2-1-6-17(18)21(24)28/h1-12,19,22H,(H,23,27). The molecule has 160 valence electrons. The number of hydrazine groups is 1. The molecule has 0 aromatic heterocycles. The molecule has 32 heavy (non-hydrogen) atoms. The van der Waals surface area contributed by atoms with Gasteiger partial charge in [0.25, 0.3) is 23.2 Å². The number of nitrogens with one attached hydrogen (secondary N) is 2. The summed E-state index contributed by atoms with van der Waals surface area (Å²) in [5.74, 6) is -1.20. The normalized spacial score (nSPS) is 14.8. The van der Waals surface area contributed by atoms with Crippen molar-refractivity contribution in [1.29, 1.82) is 0 Å². The van der Waals surface area contributed by atoms with E-state index in [4.69, 9.17) is 0 Å². The monoisotopic (exact) mass is 433 g/mol. The molecule has 0 saturated heterocycles. The Morgan fingerprint density at radius 1 is 0.906 bits per heavy atom. The summed E-state index contributed by atoms with van der Waals surface area (Å²) in [5.41, 5.74) is 3.46. The summed E-state index contributed by atoms with van der Waals surface area (Å²) in [6.45, 7) is 0. The molecular formula is C21H15N5O6. The first kappa shape index (κ1) is 20.5. The van der Waals surface area contributed by atoms with E-state index in [-0.39, 0.29) is 16.9 Å². The van der Waals surface area contributed by atoms with Crippen LogP contribution in [0.15, 0.2) is 72.8 Å². The van der Waals surface area contributed by atoms with Gasteiger partial charge in [-0.25, -0.2) is 5.01 Å². The number of carbonyl (C=O) groups excluding carboxylic acids is 2. The number of non-ortho nitro benzene ring substituents is 2. The molecule has 1 aliphatic heterocycles. The van der Waals surface area contributed by atoms with Crippen molar-refractivity contribution < 1.29 is 19.4 Å². The molecule has 4 rings (SSSR count). The molecule has 0 saturated carbocycles. The van der Waals surface area contributed by atoms with Gasteiger partial charge < -0.3 is 5.32 Å². The minimum atomic E-state index is -0.931. The molecule has 3 aromatic rings. The van der Waals surface area contributed by atoms with Crippen molar-refractivity contribution >= 4 is 28.9 Å². The number of fused-ring (bicyclic) bond motifs is 1. The van der Waals surface area contributed by atoms with Gasteiger partial charge in [0.1, 0.15) is 6.17 Å². The van der Waals surface area contributed by atoms with Crippen LogP contribution in [0.25, 0.3) is 0 Å². The SMILES string of the molecule is O=C(NN1C(=O)c2ccccc2NC1c1cccc([N+](=O)[O-])c1)c1ccc([N+](=O)[O-])cc1. The first-order valence-electron chi connectivity index (χ1n) is 9.34. The zero-order valence-corrected chi connectivity index (χ0v) is 16.3. The van der Waals surface area contributed by atoms with Gasteiger partial charge in [0.15, 0.2) is 0 Å². The highest BCUT2D eigenvalue weighted by atomic mass is 16.6. The number of anilines is 1. The van der Waals surface area contributed by atoms with Crippen molar-refractivity contribution in [2.45, 2.75) is 6.17 Å². The molecular weight excluding hydrogens is 418 g/mol. The molecule has 3 aromatic carbocycles. The first-order chi connectivity index (χ1) is 15.3. The number of para-hydroxylation sites is 1. The maximum absolute atomic E-state index is 13.2. The van der Waals surface area contributed by atoms with Crippen molar-refractivity contribution in [3.8, 4) is 0 Å². The summed E-state index contributed by atoms with van der Waals surface area (Å²) in [6.07, 6.45) is -0.931.